The van der Waals surface area contributed by atoms with Gasteiger partial charge in [0, 0.05) is 16.7 Å². The van der Waals surface area contributed by atoms with E-state index < -0.39 is 21.5 Å². The zero-order valence-electron chi connectivity index (χ0n) is 12.0. The predicted octanol–water partition coefficient (Wildman–Crippen LogP) is 3.66. The van der Waals surface area contributed by atoms with E-state index in [1.165, 1.54) is 36.4 Å². The molecule has 0 aliphatic carbocycles. The summed E-state index contributed by atoms with van der Waals surface area (Å²) in [6.07, 6.45) is 1.04. The van der Waals surface area contributed by atoms with Crippen LogP contribution in [0.2, 0.25) is 0 Å². The quantitative estimate of drug-likeness (QED) is 0.830. The van der Waals surface area contributed by atoms with E-state index in [9.17, 15) is 22.0 Å². The number of thioether (sulfide) groups is 1. The first kappa shape index (κ1) is 17.4. The van der Waals surface area contributed by atoms with Crippen LogP contribution in [0.1, 0.15) is 10.4 Å². The van der Waals surface area contributed by atoms with Crippen LogP contribution in [-0.4, -0.2) is 26.3 Å². The number of rotatable bonds is 5. The third-order valence-electron chi connectivity index (χ3n) is 2.88. The van der Waals surface area contributed by atoms with Gasteiger partial charge in [0.25, 0.3) is 11.7 Å². The van der Waals surface area contributed by atoms with Crippen molar-refractivity contribution in [3.63, 3.8) is 0 Å². The fourth-order valence-electron chi connectivity index (χ4n) is 1.83. The van der Waals surface area contributed by atoms with Crippen LogP contribution in [0.3, 0.4) is 0 Å². The topological polar surface area (TPSA) is 63.2 Å². The number of nitrogens with one attached hydrogen (secondary N) is 1. The van der Waals surface area contributed by atoms with Crippen LogP contribution < -0.4 is 5.32 Å². The van der Waals surface area contributed by atoms with Gasteiger partial charge in [0.2, 0.25) is 0 Å². The molecule has 0 unspecified atom stereocenters. The Bertz CT molecular complexity index is 823. The zero-order valence-corrected chi connectivity index (χ0v) is 13.6. The minimum atomic E-state index is -3.44. The summed E-state index contributed by atoms with van der Waals surface area (Å²) in [7, 11) is -3.44. The van der Waals surface area contributed by atoms with Crippen molar-refractivity contribution in [2.24, 2.45) is 0 Å². The van der Waals surface area contributed by atoms with Crippen LogP contribution in [0.5, 0.6) is 0 Å². The highest BCUT2D eigenvalue weighted by Crippen LogP contribution is 2.31. The molecule has 23 heavy (non-hydrogen) atoms. The number of para-hydroxylation sites is 1. The molecule has 122 valence electrons. The minimum Gasteiger partial charge on any atom is -0.321 e. The van der Waals surface area contributed by atoms with E-state index in [2.05, 4.69) is 5.32 Å². The predicted molar refractivity (Wildman–Crippen MR) is 85.8 cm³/mol. The standard InChI is InChI=1S/C15H13F2NO3S2/c1-23(20,21)11-6-4-5-10(9-11)14(19)18-12-7-2-3-8-13(12)22-15(16)17/h2-9,15H,1H3,(H,18,19). The molecule has 0 saturated heterocycles. The maximum absolute atomic E-state index is 12.5. The molecule has 4 nitrogen and oxygen atoms in total. The molecule has 0 spiro atoms. The number of sulfone groups is 1. The van der Waals surface area contributed by atoms with E-state index in [4.69, 9.17) is 0 Å². The number of hydrogen-bond donors (Lipinski definition) is 1. The van der Waals surface area contributed by atoms with E-state index in [0.29, 0.717) is 11.8 Å². The van der Waals surface area contributed by atoms with Gasteiger partial charge in [-0.05, 0) is 30.3 Å². The van der Waals surface area contributed by atoms with E-state index in [1.807, 2.05) is 0 Å². The van der Waals surface area contributed by atoms with Gasteiger partial charge in [-0.1, -0.05) is 30.0 Å². The monoisotopic (exact) mass is 357 g/mol. The van der Waals surface area contributed by atoms with E-state index in [1.54, 1.807) is 12.1 Å². The Balaban J connectivity index is 2.27. The highest BCUT2D eigenvalue weighted by Gasteiger charge is 2.14. The highest BCUT2D eigenvalue weighted by molar-refractivity contribution is 7.99. The zero-order chi connectivity index (χ0) is 17.0. The van der Waals surface area contributed by atoms with Crippen LogP contribution in [-0.2, 0) is 9.84 Å². The van der Waals surface area contributed by atoms with Crippen LogP contribution in [0.15, 0.2) is 58.3 Å². The average molecular weight is 357 g/mol. The van der Waals surface area contributed by atoms with Gasteiger partial charge >= 0.3 is 0 Å². The lowest BCUT2D eigenvalue weighted by Crippen LogP contribution is -2.13. The summed E-state index contributed by atoms with van der Waals surface area (Å²) in [6.45, 7) is 0. The number of hydrogen-bond acceptors (Lipinski definition) is 4. The Hall–Kier alpha value is -1.93. The molecular formula is C15H13F2NO3S2. The van der Waals surface area contributed by atoms with Crippen molar-refractivity contribution < 1.29 is 22.0 Å². The van der Waals surface area contributed by atoms with Crippen LogP contribution >= 0.6 is 11.8 Å². The van der Waals surface area contributed by atoms with Gasteiger partial charge in [-0.15, -0.1) is 0 Å². The third kappa shape index (κ3) is 4.77. The van der Waals surface area contributed by atoms with Gasteiger partial charge < -0.3 is 5.32 Å². The van der Waals surface area contributed by atoms with E-state index >= 15 is 0 Å². The molecule has 0 aromatic heterocycles. The summed E-state index contributed by atoms with van der Waals surface area (Å²) in [5.41, 5.74) is 0.373. The van der Waals surface area contributed by atoms with Gasteiger partial charge in [0.05, 0.1) is 10.6 Å². The summed E-state index contributed by atoms with van der Waals surface area (Å²) < 4.78 is 48.1. The molecule has 0 aliphatic heterocycles. The van der Waals surface area contributed by atoms with Gasteiger partial charge in [-0.3, -0.25) is 4.79 Å². The summed E-state index contributed by atoms with van der Waals surface area (Å²) in [4.78, 5) is 12.5. The third-order valence-corrected chi connectivity index (χ3v) is 4.77. The molecule has 0 aliphatic rings. The van der Waals surface area contributed by atoms with Crippen LogP contribution in [0.4, 0.5) is 14.5 Å². The number of carbonyl (C=O) groups is 1. The van der Waals surface area contributed by atoms with E-state index in [0.717, 1.165) is 6.26 Å². The molecule has 0 saturated carbocycles. The number of alkyl halides is 2. The minimum absolute atomic E-state index is 0.0143. The maximum atomic E-state index is 12.5. The van der Waals surface area contributed by atoms with Crippen molar-refractivity contribution in [3.05, 3.63) is 54.1 Å². The molecule has 1 amide bonds. The first-order chi connectivity index (χ1) is 10.8. The molecule has 0 radical (unpaired) electrons. The van der Waals surface area contributed by atoms with Crippen molar-refractivity contribution in [3.8, 4) is 0 Å². The summed E-state index contributed by atoms with van der Waals surface area (Å²) >= 11 is 0.326. The first-order valence-corrected chi connectivity index (χ1v) is 9.20. The molecule has 8 heteroatoms. The van der Waals surface area contributed by atoms with Gasteiger partial charge in [-0.2, -0.15) is 8.78 Å². The van der Waals surface area contributed by atoms with Gasteiger partial charge in [0.1, 0.15) is 0 Å². The van der Waals surface area contributed by atoms with Crippen molar-refractivity contribution in [2.75, 3.05) is 11.6 Å². The van der Waals surface area contributed by atoms with Crippen LogP contribution in [0.25, 0.3) is 0 Å². The lowest BCUT2D eigenvalue weighted by molar-refractivity contribution is 0.102. The number of anilines is 1. The van der Waals surface area contributed by atoms with Crippen molar-refractivity contribution in [1.82, 2.24) is 0 Å². The summed E-state index contributed by atoms with van der Waals surface area (Å²) in [6, 6.07) is 11.7. The molecule has 2 rings (SSSR count). The number of benzene rings is 2. The molecule has 1 N–H and O–H groups in total. The number of carbonyl (C=O) groups excluding carboxylic acids is 1. The fraction of sp³-hybridized carbons (Fsp3) is 0.133. The second kappa shape index (κ2) is 7.10. The smallest absolute Gasteiger partial charge is 0.288 e. The fourth-order valence-corrected chi connectivity index (χ4v) is 3.09. The Morgan fingerprint density at radius 1 is 1.13 bits per heavy atom. The normalized spacial score (nSPS) is 11.5. The average Bonchev–Trinajstić information content (AvgIpc) is 2.48. The first-order valence-electron chi connectivity index (χ1n) is 6.42. The molecule has 0 atom stereocenters. The summed E-state index contributed by atoms with van der Waals surface area (Å²) in [5, 5.41) is 2.52. The number of halogens is 2. The van der Waals surface area contributed by atoms with Crippen molar-refractivity contribution >= 4 is 33.2 Å². The largest absolute Gasteiger partial charge is 0.321 e. The second-order valence-electron chi connectivity index (χ2n) is 4.63. The lowest BCUT2D eigenvalue weighted by atomic mass is 10.2. The van der Waals surface area contributed by atoms with Gasteiger partial charge in [-0.25, -0.2) is 8.42 Å². The molecule has 2 aromatic carbocycles. The second-order valence-corrected chi connectivity index (χ2v) is 7.68. The molecule has 0 fully saturated rings. The Morgan fingerprint density at radius 3 is 2.48 bits per heavy atom. The Labute approximate surface area is 136 Å². The maximum Gasteiger partial charge on any atom is 0.288 e. The highest BCUT2D eigenvalue weighted by atomic mass is 32.2. The van der Waals surface area contributed by atoms with Crippen LogP contribution in [0, 0.1) is 0 Å². The number of amides is 1. The van der Waals surface area contributed by atoms with Crippen molar-refractivity contribution in [1.29, 1.82) is 0 Å². The Kier molecular flexibility index (Phi) is 5.38. The van der Waals surface area contributed by atoms with Crippen molar-refractivity contribution in [2.45, 2.75) is 15.5 Å². The molecule has 0 heterocycles. The van der Waals surface area contributed by atoms with Gasteiger partial charge in [0.15, 0.2) is 9.84 Å². The molecule has 0 bridgehead atoms. The lowest BCUT2D eigenvalue weighted by Gasteiger charge is -2.10. The molecular weight excluding hydrogens is 344 g/mol. The SMILES string of the molecule is CS(=O)(=O)c1cccc(C(=O)Nc2ccccc2SC(F)F)c1. The Morgan fingerprint density at radius 2 is 1.83 bits per heavy atom. The summed E-state index contributed by atoms with van der Waals surface area (Å²) in [5.74, 6) is -3.18. The van der Waals surface area contributed by atoms with E-state index in [-0.39, 0.29) is 21.0 Å². The molecule has 2 aromatic rings.